The molecule has 6 nitrogen and oxygen atoms in total. The highest BCUT2D eigenvalue weighted by atomic mass is 35.5. The van der Waals surface area contributed by atoms with Gasteiger partial charge in [-0.1, -0.05) is 12.1 Å². The molecular weight excluding hydrogens is 354 g/mol. The van der Waals surface area contributed by atoms with Crippen LogP contribution in [-0.4, -0.2) is 50.1 Å². The first-order valence-corrected chi connectivity index (χ1v) is 10.0. The second kappa shape index (κ2) is 8.18. The van der Waals surface area contributed by atoms with Crippen LogP contribution in [0.2, 0.25) is 0 Å². The van der Waals surface area contributed by atoms with Crippen LogP contribution >= 0.6 is 11.6 Å². The molecule has 1 aliphatic heterocycles. The minimum atomic E-state index is -3.55. The minimum Gasteiger partial charge on any atom is -0.383 e. The first kappa shape index (κ1) is 19.0. The Morgan fingerprint density at radius 1 is 1.42 bits per heavy atom. The van der Waals surface area contributed by atoms with Crippen LogP contribution in [0.15, 0.2) is 24.3 Å². The van der Waals surface area contributed by atoms with E-state index in [2.05, 4.69) is 0 Å². The number of ether oxygens (including phenoxy) is 1. The van der Waals surface area contributed by atoms with Crippen LogP contribution in [0.1, 0.15) is 25.3 Å². The van der Waals surface area contributed by atoms with Crippen molar-refractivity contribution in [3.8, 4) is 5.75 Å². The highest BCUT2D eigenvalue weighted by molar-refractivity contribution is 7.86. The molecule has 0 saturated carbocycles. The van der Waals surface area contributed by atoms with Crippen molar-refractivity contribution in [2.24, 2.45) is 0 Å². The van der Waals surface area contributed by atoms with Crippen molar-refractivity contribution in [2.75, 3.05) is 19.4 Å². The van der Waals surface area contributed by atoms with Crippen molar-refractivity contribution in [3.05, 3.63) is 29.8 Å². The number of rotatable bonds is 7. The topological polar surface area (TPSA) is 72.9 Å². The number of hydrogen-bond acceptors (Lipinski definition) is 5. The molecule has 1 heterocycles. The molecule has 0 unspecified atom stereocenters. The van der Waals surface area contributed by atoms with E-state index in [1.165, 1.54) is 0 Å². The van der Waals surface area contributed by atoms with E-state index in [-0.39, 0.29) is 17.8 Å². The molecule has 0 spiro atoms. The molecule has 0 radical (unpaired) electrons. The summed E-state index contributed by atoms with van der Waals surface area (Å²) in [7, 11) is -3.55. The number of amides is 1. The SMILES string of the molecule is C[C@H](Cl)C(=O)N(Cc1ccc(OS(C)(=O)=O)cc1)C[C@@H]1CCCO1. The van der Waals surface area contributed by atoms with Gasteiger partial charge in [0.2, 0.25) is 5.91 Å². The Kier molecular flexibility index (Phi) is 6.48. The van der Waals surface area contributed by atoms with Gasteiger partial charge in [0.05, 0.1) is 12.4 Å². The number of benzene rings is 1. The van der Waals surface area contributed by atoms with Crippen molar-refractivity contribution in [2.45, 2.75) is 37.8 Å². The van der Waals surface area contributed by atoms with E-state index in [0.29, 0.717) is 13.1 Å². The van der Waals surface area contributed by atoms with Crippen LogP contribution in [0.25, 0.3) is 0 Å². The molecule has 1 aliphatic rings. The lowest BCUT2D eigenvalue weighted by Gasteiger charge is -2.26. The number of carbonyl (C=O) groups is 1. The van der Waals surface area contributed by atoms with Gasteiger partial charge in [0.1, 0.15) is 11.1 Å². The molecule has 24 heavy (non-hydrogen) atoms. The molecular formula is C16H22ClNO5S. The van der Waals surface area contributed by atoms with Gasteiger partial charge >= 0.3 is 10.1 Å². The molecule has 1 aromatic carbocycles. The average molecular weight is 376 g/mol. The van der Waals surface area contributed by atoms with Crippen LogP contribution in [0, 0.1) is 0 Å². The number of hydrogen-bond donors (Lipinski definition) is 0. The van der Waals surface area contributed by atoms with E-state index >= 15 is 0 Å². The maximum absolute atomic E-state index is 12.3. The second-order valence-electron chi connectivity index (χ2n) is 5.90. The van der Waals surface area contributed by atoms with Gasteiger partial charge in [0.25, 0.3) is 0 Å². The molecule has 0 aliphatic carbocycles. The molecule has 0 aromatic heterocycles. The van der Waals surface area contributed by atoms with E-state index in [1.54, 1.807) is 36.1 Å². The van der Waals surface area contributed by atoms with E-state index in [0.717, 1.165) is 31.3 Å². The van der Waals surface area contributed by atoms with Crippen molar-refractivity contribution in [1.82, 2.24) is 4.90 Å². The highest BCUT2D eigenvalue weighted by Crippen LogP contribution is 2.19. The van der Waals surface area contributed by atoms with E-state index in [4.69, 9.17) is 20.5 Å². The van der Waals surface area contributed by atoms with Gasteiger partial charge in [-0.25, -0.2) is 0 Å². The standard InChI is InChI=1S/C16H22ClNO5S/c1-12(17)16(19)18(11-15-4-3-9-22-15)10-13-5-7-14(8-6-13)23-24(2,20)21/h5-8,12,15H,3-4,9-11H2,1-2H3/t12-,15-/m0/s1. The van der Waals surface area contributed by atoms with Crippen LogP contribution in [0.3, 0.4) is 0 Å². The maximum Gasteiger partial charge on any atom is 0.306 e. The number of nitrogens with zero attached hydrogens (tertiary/aromatic N) is 1. The molecule has 0 N–H and O–H groups in total. The first-order chi connectivity index (χ1) is 11.2. The van der Waals surface area contributed by atoms with Crippen molar-refractivity contribution in [3.63, 3.8) is 0 Å². The quantitative estimate of drug-likeness (QED) is 0.539. The summed E-state index contributed by atoms with van der Waals surface area (Å²) in [6, 6.07) is 6.59. The molecule has 1 amide bonds. The lowest BCUT2D eigenvalue weighted by Crippen LogP contribution is -2.40. The van der Waals surface area contributed by atoms with Crippen LogP contribution in [-0.2, 0) is 26.2 Å². The fourth-order valence-corrected chi connectivity index (χ4v) is 3.16. The van der Waals surface area contributed by atoms with E-state index in [1.807, 2.05) is 0 Å². The zero-order valence-corrected chi connectivity index (χ0v) is 15.3. The number of halogens is 1. The molecule has 2 rings (SSSR count). The maximum atomic E-state index is 12.3. The van der Waals surface area contributed by atoms with Gasteiger partial charge in [-0.3, -0.25) is 4.79 Å². The van der Waals surface area contributed by atoms with Gasteiger partial charge in [0, 0.05) is 19.7 Å². The van der Waals surface area contributed by atoms with Gasteiger partial charge < -0.3 is 13.8 Å². The normalized spacial score (nSPS) is 19.0. The first-order valence-electron chi connectivity index (χ1n) is 7.77. The second-order valence-corrected chi connectivity index (χ2v) is 8.13. The third-order valence-corrected chi connectivity index (χ3v) is 4.33. The predicted molar refractivity (Wildman–Crippen MR) is 91.6 cm³/mol. The Balaban J connectivity index is 2.06. The van der Waals surface area contributed by atoms with Crippen LogP contribution in [0.5, 0.6) is 5.75 Å². The summed E-state index contributed by atoms with van der Waals surface area (Å²) in [5.41, 5.74) is 0.861. The third-order valence-electron chi connectivity index (χ3n) is 3.64. The Bertz CT molecular complexity index is 654. The van der Waals surface area contributed by atoms with Gasteiger partial charge in [-0.2, -0.15) is 8.42 Å². The Morgan fingerprint density at radius 2 is 2.08 bits per heavy atom. The Hall–Kier alpha value is -1.31. The van der Waals surface area contributed by atoms with Crippen LogP contribution in [0.4, 0.5) is 0 Å². The zero-order chi connectivity index (χ0) is 17.7. The largest absolute Gasteiger partial charge is 0.383 e. The van der Waals surface area contributed by atoms with Gasteiger partial charge in [-0.05, 0) is 37.5 Å². The van der Waals surface area contributed by atoms with Crippen molar-refractivity contribution < 1.29 is 22.1 Å². The number of alkyl halides is 1. The smallest absolute Gasteiger partial charge is 0.306 e. The summed E-state index contributed by atoms with van der Waals surface area (Å²) in [6.45, 7) is 3.25. The van der Waals surface area contributed by atoms with E-state index in [9.17, 15) is 13.2 Å². The third kappa shape index (κ3) is 5.96. The van der Waals surface area contributed by atoms with E-state index < -0.39 is 15.5 Å². The molecule has 0 bridgehead atoms. The zero-order valence-electron chi connectivity index (χ0n) is 13.8. The lowest BCUT2D eigenvalue weighted by molar-refractivity contribution is -0.132. The van der Waals surface area contributed by atoms with Crippen molar-refractivity contribution >= 4 is 27.6 Å². The van der Waals surface area contributed by atoms with Gasteiger partial charge in [-0.15, -0.1) is 11.6 Å². The highest BCUT2D eigenvalue weighted by Gasteiger charge is 2.25. The summed E-state index contributed by atoms with van der Waals surface area (Å²) in [5, 5.41) is -0.612. The summed E-state index contributed by atoms with van der Waals surface area (Å²) >= 11 is 5.95. The molecule has 134 valence electrons. The molecule has 2 atom stereocenters. The minimum absolute atomic E-state index is 0.0391. The summed E-state index contributed by atoms with van der Waals surface area (Å²) in [4.78, 5) is 14.0. The molecule has 1 aromatic rings. The fraction of sp³-hybridized carbons (Fsp3) is 0.562. The summed E-state index contributed by atoms with van der Waals surface area (Å²) in [6.07, 6.45) is 2.96. The Labute approximate surface area is 147 Å². The lowest BCUT2D eigenvalue weighted by atomic mass is 10.1. The monoisotopic (exact) mass is 375 g/mol. The molecule has 1 saturated heterocycles. The Morgan fingerprint density at radius 3 is 2.58 bits per heavy atom. The average Bonchev–Trinajstić information content (AvgIpc) is 2.99. The molecule has 1 fully saturated rings. The number of carbonyl (C=O) groups excluding carboxylic acids is 1. The molecule has 8 heteroatoms. The van der Waals surface area contributed by atoms with Crippen LogP contribution < -0.4 is 4.18 Å². The predicted octanol–water partition coefficient (Wildman–Crippen LogP) is 2.16. The summed E-state index contributed by atoms with van der Waals surface area (Å²) < 4.78 is 32.6. The summed E-state index contributed by atoms with van der Waals surface area (Å²) in [5.74, 6) is 0.0904. The fourth-order valence-electron chi connectivity index (χ4n) is 2.56. The van der Waals surface area contributed by atoms with Crippen molar-refractivity contribution in [1.29, 1.82) is 0 Å². The van der Waals surface area contributed by atoms with Gasteiger partial charge in [0.15, 0.2) is 0 Å².